The molecular weight excluding hydrogens is 471 g/mol. The molecule has 1 heterocycles. The van der Waals surface area contributed by atoms with Gasteiger partial charge in [0, 0.05) is 25.3 Å². The topological polar surface area (TPSA) is 70.1 Å². The fourth-order valence-corrected chi connectivity index (χ4v) is 4.67. The van der Waals surface area contributed by atoms with Crippen molar-refractivity contribution in [3.05, 3.63) is 95.3 Å². The Labute approximate surface area is 217 Å². The Morgan fingerprint density at radius 2 is 1.57 bits per heavy atom. The second-order valence-electron chi connectivity index (χ2n) is 9.40. The van der Waals surface area contributed by atoms with Crippen molar-refractivity contribution in [1.29, 1.82) is 0 Å². The van der Waals surface area contributed by atoms with Gasteiger partial charge in [-0.15, -0.1) is 0 Å². The fourth-order valence-electron chi connectivity index (χ4n) is 4.67. The van der Waals surface area contributed by atoms with Crippen LogP contribution in [0, 0.1) is 5.82 Å². The number of aromatic carboxylic acids is 1. The van der Waals surface area contributed by atoms with Crippen LogP contribution in [0.3, 0.4) is 0 Å². The van der Waals surface area contributed by atoms with Gasteiger partial charge in [0.2, 0.25) is 0 Å². The summed E-state index contributed by atoms with van der Waals surface area (Å²) in [5.74, 6) is -0.836. The highest BCUT2D eigenvalue weighted by molar-refractivity contribution is 5.96. The number of hydrogen-bond donors (Lipinski definition) is 1. The van der Waals surface area contributed by atoms with Gasteiger partial charge in [-0.05, 0) is 73.0 Å². The number of amides is 1. The number of carbonyl (C=O) groups is 2. The third-order valence-corrected chi connectivity index (χ3v) is 6.59. The minimum Gasteiger partial charge on any atom is -0.484 e. The van der Waals surface area contributed by atoms with Crippen molar-refractivity contribution < 1.29 is 23.8 Å². The Morgan fingerprint density at radius 1 is 0.865 bits per heavy atom. The molecule has 3 aromatic rings. The number of halogens is 1. The number of carbonyl (C=O) groups excluding carboxylic acids is 1. The number of carboxylic acid groups (broad SMARTS) is 1. The van der Waals surface area contributed by atoms with Crippen LogP contribution in [0.4, 0.5) is 10.1 Å². The van der Waals surface area contributed by atoms with E-state index < -0.39 is 5.97 Å². The van der Waals surface area contributed by atoms with E-state index in [1.54, 1.807) is 35.2 Å². The zero-order chi connectivity index (χ0) is 26.0. The minimum absolute atomic E-state index is 0.108. The van der Waals surface area contributed by atoms with Crippen LogP contribution in [-0.4, -0.2) is 41.6 Å². The molecule has 1 aliphatic rings. The molecule has 0 spiro atoms. The summed E-state index contributed by atoms with van der Waals surface area (Å²) in [6.45, 7) is 2.32. The number of hydrogen-bond acceptors (Lipinski definition) is 4. The van der Waals surface area contributed by atoms with Crippen molar-refractivity contribution in [2.45, 2.75) is 45.2 Å². The molecule has 7 heteroatoms. The maximum atomic E-state index is 13.5. The first-order chi connectivity index (χ1) is 18.0. The lowest BCUT2D eigenvalue weighted by Crippen LogP contribution is -2.37. The maximum absolute atomic E-state index is 13.5. The molecule has 0 atom stereocenters. The second kappa shape index (κ2) is 13.0. The third-order valence-electron chi connectivity index (χ3n) is 6.59. The van der Waals surface area contributed by atoms with Gasteiger partial charge in [0.15, 0.2) is 6.61 Å². The molecule has 1 N–H and O–H groups in total. The van der Waals surface area contributed by atoms with Crippen molar-refractivity contribution in [3.63, 3.8) is 0 Å². The smallest absolute Gasteiger partial charge is 0.335 e. The van der Waals surface area contributed by atoms with Gasteiger partial charge in [-0.3, -0.25) is 9.69 Å². The molecule has 1 amide bonds. The first-order valence-corrected chi connectivity index (χ1v) is 12.8. The zero-order valence-electron chi connectivity index (χ0n) is 20.9. The van der Waals surface area contributed by atoms with Crippen LogP contribution in [-0.2, 0) is 17.9 Å². The van der Waals surface area contributed by atoms with Gasteiger partial charge in [-0.1, -0.05) is 49.6 Å². The van der Waals surface area contributed by atoms with Crippen LogP contribution >= 0.6 is 0 Å². The maximum Gasteiger partial charge on any atom is 0.335 e. The summed E-state index contributed by atoms with van der Waals surface area (Å²) in [4.78, 5) is 29.2. The SMILES string of the molecule is O=C(O)c1ccc2c(c1)CN(Cc1ccc(F)cc1)CCCCCCCN2C(=O)COc1ccccc1. The molecular formula is C30H33FN2O4. The first-order valence-electron chi connectivity index (χ1n) is 12.8. The van der Waals surface area contributed by atoms with Crippen molar-refractivity contribution in [2.75, 3.05) is 24.6 Å². The quantitative estimate of drug-likeness (QED) is 0.453. The van der Waals surface area contributed by atoms with Gasteiger partial charge in [0.25, 0.3) is 5.91 Å². The molecule has 0 unspecified atom stereocenters. The largest absolute Gasteiger partial charge is 0.484 e. The molecule has 1 aliphatic heterocycles. The molecule has 0 fully saturated rings. The molecule has 0 aromatic heterocycles. The van der Waals surface area contributed by atoms with Gasteiger partial charge in [-0.25, -0.2) is 9.18 Å². The molecule has 0 saturated heterocycles. The Morgan fingerprint density at radius 3 is 2.30 bits per heavy atom. The summed E-state index contributed by atoms with van der Waals surface area (Å²) >= 11 is 0. The summed E-state index contributed by atoms with van der Waals surface area (Å²) in [6.07, 6.45) is 5.04. The summed E-state index contributed by atoms with van der Waals surface area (Å²) in [5, 5.41) is 9.66. The van der Waals surface area contributed by atoms with E-state index in [1.165, 1.54) is 12.1 Å². The molecule has 0 bridgehead atoms. The molecule has 0 aliphatic carbocycles. The number of ether oxygens (including phenoxy) is 1. The van der Waals surface area contributed by atoms with E-state index in [2.05, 4.69) is 4.90 Å². The molecule has 3 aromatic carbocycles. The first kappa shape index (κ1) is 26.4. The number of carboxylic acids is 1. The average molecular weight is 505 g/mol. The lowest BCUT2D eigenvalue weighted by atomic mass is 10.0. The molecule has 37 heavy (non-hydrogen) atoms. The van der Waals surface area contributed by atoms with E-state index in [1.807, 2.05) is 30.3 Å². The predicted octanol–water partition coefficient (Wildman–Crippen LogP) is 5.90. The Bertz CT molecular complexity index is 1180. The van der Waals surface area contributed by atoms with Crippen LogP contribution in [0.25, 0.3) is 0 Å². The zero-order valence-corrected chi connectivity index (χ0v) is 20.9. The van der Waals surface area contributed by atoms with E-state index in [0.717, 1.165) is 49.8 Å². The van der Waals surface area contributed by atoms with E-state index in [-0.39, 0.29) is 23.9 Å². The predicted molar refractivity (Wildman–Crippen MR) is 141 cm³/mol. The number of fused-ring (bicyclic) bond motifs is 1. The van der Waals surface area contributed by atoms with Crippen molar-refractivity contribution >= 4 is 17.6 Å². The van der Waals surface area contributed by atoms with E-state index in [9.17, 15) is 19.1 Å². The van der Waals surface area contributed by atoms with Crippen LogP contribution in [0.15, 0.2) is 72.8 Å². The van der Waals surface area contributed by atoms with Gasteiger partial charge < -0.3 is 14.7 Å². The van der Waals surface area contributed by atoms with E-state index in [4.69, 9.17) is 4.74 Å². The van der Waals surface area contributed by atoms with Gasteiger partial charge >= 0.3 is 5.97 Å². The number of benzene rings is 3. The normalized spacial score (nSPS) is 15.2. The highest BCUT2D eigenvalue weighted by Crippen LogP contribution is 2.27. The second-order valence-corrected chi connectivity index (χ2v) is 9.40. The Hall–Kier alpha value is -3.71. The van der Waals surface area contributed by atoms with Crippen LogP contribution < -0.4 is 9.64 Å². The Balaban J connectivity index is 1.63. The molecule has 6 nitrogen and oxygen atoms in total. The van der Waals surface area contributed by atoms with Crippen LogP contribution in [0.1, 0.15) is 53.6 Å². The van der Waals surface area contributed by atoms with Crippen LogP contribution in [0.5, 0.6) is 5.75 Å². The van der Waals surface area contributed by atoms with Crippen molar-refractivity contribution in [1.82, 2.24) is 4.90 Å². The number of nitrogens with zero attached hydrogens (tertiary/aromatic N) is 2. The molecule has 0 radical (unpaired) electrons. The van der Waals surface area contributed by atoms with Gasteiger partial charge in [-0.2, -0.15) is 0 Å². The standard InChI is InChI=1S/C30H33FN2O4/c31-26-14-11-23(12-15-26)20-32-17-7-2-1-3-8-18-33(29(34)22-37-27-9-5-4-6-10-27)28-16-13-24(30(35)36)19-25(28)21-32/h4-6,9-16,19H,1-3,7-8,17-18,20-22H2,(H,35,36). The van der Waals surface area contributed by atoms with Crippen molar-refractivity contribution in [2.24, 2.45) is 0 Å². The van der Waals surface area contributed by atoms with E-state index >= 15 is 0 Å². The summed E-state index contributed by atoms with van der Waals surface area (Å²) in [6, 6.07) is 20.6. The third kappa shape index (κ3) is 7.64. The highest BCUT2D eigenvalue weighted by atomic mass is 19.1. The Kier molecular flexibility index (Phi) is 9.27. The average Bonchev–Trinajstić information content (AvgIpc) is 2.90. The van der Waals surface area contributed by atoms with E-state index in [0.29, 0.717) is 31.1 Å². The number of anilines is 1. The highest BCUT2D eigenvalue weighted by Gasteiger charge is 2.22. The van der Waals surface area contributed by atoms with Crippen LogP contribution in [0.2, 0.25) is 0 Å². The summed E-state index contributed by atoms with van der Waals surface area (Å²) in [7, 11) is 0. The van der Waals surface area contributed by atoms with Gasteiger partial charge in [0.1, 0.15) is 11.6 Å². The lowest BCUT2D eigenvalue weighted by Gasteiger charge is -2.29. The number of rotatable bonds is 6. The number of para-hydroxylation sites is 1. The molecule has 194 valence electrons. The summed E-state index contributed by atoms with van der Waals surface area (Å²) in [5.41, 5.74) is 2.64. The fraction of sp³-hybridized carbons (Fsp3) is 0.333. The molecule has 4 rings (SSSR count). The summed E-state index contributed by atoms with van der Waals surface area (Å²) < 4.78 is 19.2. The van der Waals surface area contributed by atoms with Crippen molar-refractivity contribution in [3.8, 4) is 5.75 Å². The lowest BCUT2D eigenvalue weighted by molar-refractivity contribution is -0.120. The molecule has 0 saturated carbocycles. The monoisotopic (exact) mass is 504 g/mol. The minimum atomic E-state index is -1.01. The van der Waals surface area contributed by atoms with Gasteiger partial charge in [0.05, 0.1) is 5.56 Å².